The van der Waals surface area contributed by atoms with E-state index in [-0.39, 0.29) is 18.5 Å². The average Bonchev–Trinajstić information content (AvgIpc) is 3.54. The molecule has 0 spiro atoms. The summed E-state index contributed by atoms with van der Waals surface area (Å²) in [5, 5.41) is 2.78. The molecule has 3 aliphatic heterocycles. The molecule has 1 unspecified atom stereocenters. The zero-order chi connectivity index (χ0) is 23.5. The molecule has 0 aromatic heterocycles. The lowest BCUT2D eigenvalue weighted by molar-refractivity contribution is -0.141. The first kappa shape index (κ1) is 22.5. The zero-order valence-electron chi connectivity index (χ0n) is 19.1. The molecule has 0 radical (unpaired) electrons. The average molecular weight is 474 g/mol. The second-order valence-electron chi connectivity index (χ2n) is 8.63. The van der Waals surface area contributed by atoms with Crippen molar-refractivity contribution < 1.29 is 14.3 Å². The maximum Gasteiger partial charge on any atom is 0.338 e. The minimum atomic E-state index is -0.399. The number of hydrogen-bond acceptors (Lipinski definition) is 6. The van der Waals surface area contributed by atoms with Gasteiger partial charge in [0.05, 0.1) is 23.7 Å². The van der Waals surface area contributed by atoms with E-state index >= 15 is 0 Å². The summed E-state index contributed by atoms with van der Waals surface area (Å²) in [6, 6.07) is 19.1. The highest BCUT2D eigenvalue weighted by Crippen LogP contribution is 2.45. The van der Waals surface area contributed by atoms with E-state index in [0.717, 1.165) is 47.9 Å². The van der Waals surface area contributed by atoms with Gasteiger partial charge in [0.15, 0.2) is 5.17 Å². The van der Waals surface area contributed by atoms with Gasteiger partial charge in [-0.1, -0.05) is 72.4 Å². The van der Waals surface area contributed by atoms with Gasteiger partial charge < -0.3 is 14.5 Å². The van der Waals surface area contributed by atoms with E-state index in [1.54, 1.807) is 0 Å². The summed E-state index contributed by atoms with van der Waals surface area (Å²) in [6.45, 7) is 3.68. The van der Waals surface area contributed by atoms with Gasteiger partial charge >= 0.3 is 5.97 Å². The third-order valence-corrected chi connectivity index (χ3v) is 7.23. The number of hydrogen-bond donors (Lipinski definition) is 0. The second kappa shape index (κ2) is 9.89. The lowest BCUT2D eigenvalue weighted by Gasteiger charge is -2.36. The van der Waals surface area contributed by atoms with Crippen molar-refractivity contribution in [1.29, 1.82) is 0 Å². The highest BCUT2D eigenvalue weighted by atomic mass is 32.2. The molecule has 34 heavy (non-hydrogen) atoms. The molecular formula is C27H27N3O3S. The first-order chi connectivity index (χ1) is 16.6. The lowest BCUT2D eigenvalue weighted by atomic mass is 9.94. The molecule has 0 aliphatic carbocycles. The minimum Gasteiger partial charge on any atom is -0.457 e. The molecule has 1 saturated heterocycles. The van der Waals surface area contributed by atoms with E-state index in [9.17, 15) is 9.59 Å². The molecule has 0 N–H and O–H groups in total. The van der Waals surface area contributed by atoms with Crippen LogP contribution in [0.4, 0.5) is 0 Å². The highest BCUT2D eigenvalue weighted by molar-refractivity contribution is 8.16. The van der Waals surface area contributed by atoms with Crippen LogP contribution in [0.15, 0.2) is 88.0 Å². The Morgan fingerprint density at radius 2 is 1.71 bits per heavy atom. The van der Waals surface area contributed by atoms with Crippen LogP contribution in [0.3, 0.4) is 0 Å². The van der Waals surface area contributed by atoms with Crippen LogP contribution in [-0.2, 0) is 20.9 Å². The number of carbonyl (C=O) groups excluding carboxylic acids is 2. The van der Waals surface area contributed by atoms with Gasteiger partial charge in [0, 0.05) is 18.8 Å². The summed E-state index contributed by atoms with van der Waals surface area (Å²) in [5.74, 6) is -0.267. The molecule has 2 aromatic rings. The number of rotatable bonds is 6. The van der Waals surface area contributed by atoms with E-state index < -0.39 is 6.04 Å². The van der Waals surface area contributed by atoms with Gasteiger partial charge in [0.25, 0.3) is 0 Å². The van der Waals surface area contributed by atoms with Crippen molar-refractivity contribution in [2.24, 2.45) is 4.99 Å². The van der Waals surface area contributed by atoms with Gasteiger partial charge in [0.1, 0.15) is 6.61 Å². The lowest BCUT2D eigenvalue weighted by Crippen LogP contribution is -2.38. The molecule has 0 bridgehead atoms. The fourth-order valence-corrected chi connectivity index (χ4v) is 5.58. The minimum absolute atomic E-state index is 0.122. The molecule has 7 heteroatoms. The number of carbonyl (C=O) groups is 2. The van der Waals surface area contributed by atoms with E-state index in [0.29, 0.717) is 17.7 Å². The van der Waals surface area contributed by atoms with Crippen LogP contribution >= 0.6 is 11.8 Å². The molecule has 6 nitrogen and oxygen atoms in total. The van der Waals surface area contributed by atoms with E-state index in [1.807, 2.05) is 82.8 Å². The van der Waals surface area contributed by atoms with Gasteiger partial charge in [-0.2, -0.15) is 0 Å². The Morgan fingerprint density at radius 3 is 2.41 bits per heavy atom. The molecule has 1 amide bonds. The molecule has 174 valence electrons. The zero-order valence-corrected chi connectivity index (χ0v) is 20.0. The fraction of sp³-hybridized carbons (Fsp3) is 0.296. The number of esters is 1. The molecule has 2 aromatic carbocycles. The summed E-state index contributed by atoms with van der Waals surface area (Å²) in [6.07, 6.45) is 2.41. The smallest absolute Gasteiger partial charge is 0.338 e. The van der Waals surface area contributed by atoms with Gasteiger partial charge in [-0.05, 0) is 36.3 Å². The van der Waals surface area contributed by atoms with Crippen molar-refractivity contribution >= 4 is 28.8 Å². The fourth-order valence-electron chi connectivity index (χ4n) is 4.62. The van der Waals surface area contributed by atoms with Crippen LogP contribution in [0.1, 0.15) is 43.4 Å². The largest absolute Gasteiger partial charge is 0.457 e. The predicted octanol–water partition coefficient (Wildman–Crippen LogP) is 5.02. The van der Waals surface area contributed by atoms with Crippen LogP contribution in [0.5, 0.6) is 0 Å². The number of ether oxygens (including phenoxy) is 1. The quantitative estimate of drug-likeness (QED) is 0.552. The Kier molecular flexibility index (Phi) is 6.54. The second-order valence-corrected chi connectivity index (χ2v) is 9.47. The number of benzene rings is 2. The summed E-state index contributed by atoms with van der Waals surface area (Å²) < 4.78 is 5.74. The van der Waals surface area contributed by atoms with Gasteiger partial charge in [-0.3, -0.25) is 4.79 Å². The first-order valence-corrected chi connectivity index (χ1v) is 12.5. The summed E-state index contributed by atoms with van der Waals surface area (Å²) in [5.41, 5.74) is 3.91. The summed E-state index contributed by atoms with van der Waals surface area (Å²) in [7, 11) is 0. The van der Waals surface area contributed by atoms with Crippen molar-refractivity contribution in [2.45, 2.75) is 38.8 Å². The summed E-state index contributed by atoms with van der Waals surface area (Å²) in [4.78, 5) is 35.1. The Labute approximate surface area is 204 Å². The number of fused-ring (bicyclic) bond motifs is 1. The molecule has 5 rings (SSSR count). The normalized spacial score (nSPS) is 19.6. The molecular weight excluding hydrogens is 446 g/mol. The number of nitrogens with zero attached hydrogens (tertiary/aromatic N) is 3. The van der Waals surface area contributed by atoms with Gasteiger partial charge in [-0.15, -0.1) is 0 Å². The SMILES string of the molecule is CC1=C(C(=O)OCc2ccccc2)C(c2ccccc2)N2C(CC(=O)N3CCCC3)=CSC2=N1. The number of likely N-dealkylation sites (tertiary alicyclic amines) is 1. The Morgan fingerprint density at radius 1 is 1.03 bits per heavy atom. The Balaban J connectivity index is 1.44. The third-order valence-electron chi connectivity index (χ3n) is 6.34. The molecule has 1 atom stereocenters. The third kappa shape index (κ3) is 4.53. The predicted molar refractivity (Wildman–Crippen MR) is 134 cm³/mol. The first-order valence-electron chi connectivity index (χ1n) is 11.6. The van der Waals surface area contributed by atoms with E-state index in [2.05, 4.69) is 0 Å². The van der Waals surface area contributed by atoms with Crippen molar-refractivity contribution in [1.82, 2.24) is 9.80 Å². The van der Waals surface area contributed by atoms with Crippen LogP contribution < -0.4 is 0 Å². The topological polar surface area (TPSA) is 62.2 Å². The van der Waals surface area contributed by atoms with Gasteiger partial charge in [0.2, 0.25) is 5.91 Å². The number of aliphatic imine (C=N–C) groups is 1. The number of allylic oxidation sites excluding steroid dienone is 1. The monoisotopic (exact) mass is 473 g/mol. The number of thioether (sulfide) groups is 1. The Bertz CT molecular complexity index is 1170. The van der Waals surface area contributed by atoms with Crippen molar-refractivity contribution in [2.75, 3.05) is 13.1 Å². The molecule has 0 saturated carbocycles. The van der Waals surface area contributed by atoms with Gasteiger partial charge in [-0.25, -0.2) is 9.79 Å². The molecule has 3 aliphatic rings. The summed E-state index contributed by atoms with van der Waals surface area (Å²) >= 11 is 1.50. The van der Waals surface area contributed by atoms with Crippen LogP contribution in [0, 0.1) is 0 Å². The number of amidine groups is 1. The maximum absolute atomic E-state index is 13.4. The van der Waals surface area contributed by atoms with E-state index in [4.69, 9.17) is 9.73 Å². The van der Waals surface area contributed by atoms with Crippen molar-refractivity contribution in [3.63, 3.8) is 0 Å². The maximum atomic E-state index is 13.4. The standard InChI is InChI=1S/C27H27N3O3S/c1-19-24(26(32)33-17-20-10-4-2-5-11-20)25(21-12-6-3-7-13-21)30-22(18-34-27(30)28-19)16-23(31)29-14-8-9-15-29/h2-7,10-13,18,25H,8-9,14-17H2,1H3. The molecule has 3 heterocycles. The van der Waals surface area contributed by atoms with Crippen LogP contribution in [0.25, 0.3) is 0 Å². The highest BCUT2D eigenvalue weighted by Gasteiger charge is 2.41. The van der Waals surface area contributed by atoms with Crippen LogP contribution in [0.2, 0.25) is 0 Å². The Hall–Kier alpha value is -3.32. The molecule has 1 fully saturated rings. The van der Waals surface area contributed by atoms with Crippen molar-refractivity contribution in [3.8, 4) is 0 Å². The number of amides is 1. The van der Waals surface area contributed by atoms with E-state index in [1.165, 1.54) is 11.8 Å². The van der Waals surface area contributed by atoms with Crippen molar-refractivity contribution in [3.05, 3.63) is 94.2 Å². The van der Waals surface area contributed by atoms with Crippen LogP contribution in [-0.4, -0.2) is 39.9 Å².